The second-order valence-corrected chi connectivity index (χ2v) is 2.64. The van der Waals surface area contributed by atoms with Crippen LogP contribution in [0.3, 0.4) is 0 Å². The van der Waals surface area contributed by atoms with Gasteiger partial charge in [0, 0.05) is 18.9 Å². The zero-order chi connectivity index (χ0) is 8.27. The molecule has 1 rings (SSSR count). The molecule has 0 unspecified atom stereocenters. The lowest BCUT2D eigenvalue weighted by Crippen LogP contribution is -2.15. The van der Waals surface area contributed by atoms with Gasteiger partial charge in [0.15, 0.2) is 0 Å². The van der Waals surface area contributed by atoms with E-state index in [1.54, 1.807) is 6.08 Å². The second-order valence-electron chi connectivity index (χ2n) is 2.64. The lowest BCUT2D eigenvalue weighted by molar-refractivity contribution is -0.141. The lowest BCUT2D eigenvalue weighted by atomic mass is 10.00. The van der Waals surface area contributed by atoms with E-state index in [1.165, 1.54) is 0 Å². The molecule has 3 nitrogen and oxygen atoms in total. The highest BCUT2D eigenvalue weighted by molar-refractivity contribution is 5.72. The van der Waals surface area contributed by atoms with Crippen molar-refractivity contribution in [1.82, 2.24) is 0 Å². The fourth-order valence-electron chi connectivity index (χ4n) is 1.26. The predicted octanol–water partition coefficient (Wildman–Crippen LogP) is 0.486. The zero-order valence-electron chi connectivity index (χ0n) is 6.32. The molecule has 0 amide bonds. The molecule has 1 saturated heterocycles. The molecular weight excluding hydrogens is 144 g/mol. The molecule has 0 aromatic rings. The molecule has 0 aromatic heterocycles. The van der Waals surface area contributed by atoms with Gasteiger partial charge in [-0.25, -0.2) is 0 Å². The van der Waals surface area contributed by atoms with Gasteiger partial charge in [-0.1, -0.05) is 6.08 Å². The Bertz CT molecular complexity index is 165. The number of carbonyl (C=O) groups is 1. The normalized spacial score (nSPS) is 30.1. The summed E-state index contributed by atoms with van der Waals surface area (Å²) in [5.41, 5.74) is 0. The summed E-state index contributed by atoms with van der Waals surface area (Å²) in [4.78, 5) is 10.7. The Balaban J connectivity index is 2.49. The maximum absolute atomic E-state index is 10.7. The molecular formula is C8H12O3. The van der Waals surface area contributed by atoms with E-state index in [9.17, 15) is 4.79 Å². The van der Waals surface area contributed by atoms with Crippen LogP contribution in [-0.2, 0) is 9.53 Å². The summed E-state index contributed by atoms with van der Waals surface area (Å²) in [5, 5.41) is 8.60. The summed E-state index contributed by atoms with van der Waals surface area (Å²) in [7, 11) is 0. The summed E-state index contributed by atoms with van der Waals surface area (Å²) >= 11 is 0. The van der Waals surface area contributed by atoms with Gasteiger partial charge >= 0.3 is 5.97 Å². The van der Waals surface area contributed by atoms with Gasteiger partial charge in [0.05, 0.1) is 6.42 Å². The molecule has 1 N–H and O–H groups in total. The topological polar surface area (TPSA) is 46.5 Å². The molecule has 0 aliphatic carbocycles. The van der Waals surface area contributed by atoms with Gasteiger partial charge in [-0.3, -0.25) is 4.79 Å². The van der Waals surface area contributed by atoms with E-state index in [1.807, 2.05) is 0 Å². The largest absolute Gasteiger partial charge is 0.462 e. The summed E-state index contributed by atoms with van der Waals surface area (Å²) in [5.74, 6) is -0.0944. The third-order valence-electron chi connectivity index (χ3n) is 1.88. The summed E-state index contributed by atoms with van der Waals surface area (Å²) in [6.45, 7) is 3.65. The standard InChI is InChI=1S/C8H12O3/c1-2-6-5-8(10)11-7(6)3-4-9/h2,6-7,9H,1,3-5H2/t6-,7-/m0/s1. The van der Waals surface area contributed by atoms with Gasteiger partial charge in [-0.2, -0.15) is 0 Å². The number of rotatable bonds is 3. The van der Waals surface area contributed by atoms with E-state index in [-0.39, 0.29) is 24.6 Å². The second kappa shape index (κ2) is 3.53. The van der Waals surface area contributed by atoms with Crippen LogP contribution in [0, 0.1) is 5.92 Å². The highest BCUT2D eigenvalue weighted by Gasteiger charge is 2.31. The maximum atomic E-state index is 10.7. The van der Waals surface area contributed by atoms with Crippen molar-refractivity contribution < 1.29 is 14.6 Å². The van der Waals surface area contributed by atoms with Crippen LogP contribution < -0.4 is 0 Å². The minimum atomic E-state index is -0.187. The van der Waals surface area contributed by atoms with Gasteiger partial charge in [0.1, 0.15) is 6.10 Å². The Morgan fingerprint density at radius 3 is 3.09 bits per heavy atom. The molecule has 0 saturated carbocycles. The summed E-state index contributed by atoms with van der Waals surface area (Å²) < 4.78 is 4.94. The fourth-order valence-corrected chi connectivity index (χ4v) is 1.26. The quantitative estimate of drug-likeness (QED) is 0.477. The smallest absolute Gasteiger partial charge is 0.306 e. The molecule has 1 heterocycles. The predicted molar refractivity (Wildman–Crippen MR) is 39.9 cm³/mol. The van der Waals surface area contributed by atoms with Crippen molar-refractivity contribution in [2.45, 2.75) is 18.9 Å². The maximum Gasteiger partial charge on any atom is 0.306 e. The Morgan fingerprint density at radius 2 is 2.55 bits per heavy atom. The van der Waals surface area contributed by atoms with E-state index in [4.69, 9.17) is 9.84 Å². The molecule has 1 aliphatic rings. The van der Waals surface area contributed by atoms with Crippen molar-refractivity contribution in [3.8, 4) is 0 Å². The van der Waals surface area contributed by atoms with Crippen molar-refractivity contribution >= 4 is 5.97 Å². The number of hydrogen-bond donors (Lipinski definition) is 1. The van der Waals surface area contributed by atoms with Gasteiger partial charge in [-0.15, -0.1) is 6.58 Å². The van der Waals surface area contributed by atoms with Crippen LogP contribution >= 0.6 is 0 Å². The van der Waals surface area contributed by atoms with Crippen LogP contribution in [0.4, 0.5) is 0 Å². The minimum absolute atomic E-state index is 0.0578. The van der Waals surface area contributed by atoms with E-state index < -0.39 is 0 Å². The van der Waals surface area contributed by atoms with Crippen molar-refractivity contribution in [3.05, 3.63) is 12.7 Å². The molecule has 0 bridgehead atoms. The highest BCUT2D eigenvalue weighted by atomic mass is 16.5. The van der Waals surface area contributed by atoms with E-state index in [0.717, 1.165) is 0 Å². The van der Waals surface area contributed by atoms with Crippen LogP contribution in [0.2, 0.25) is 0 Å². The van der Waals surface area contributed by atoms with E-state index in [0.29, 0.717) is 12.8 Å². The Labute approximate surface area is 65.7 Å². The molecule has 3 heteroatoms. The number of ether oxygens (including phenoxy) is 1. The first kappa shape index (κ1) is 8.27. The Morgan fingerprint density at radius 1 is 1.82 bits per heavy atom. The number of esters is 1. The SMILES string of the molecule is C=C[C@H]1CC(=O)O[C@H]1CCO. The first-order valence-electron chi connectivity index (χ1n) is 3.71. The molecule has 11 heavy (non-hydrogen) atoms. The average molecular weight is 156 g/mol. The summed E-state index contributed by atoms with van der Waals surface area (Å²) in [6.07, 6.45) is 2.49. The fraction of sp³-hybridized carbons (Fsp3) is 0.625. The number of cyclic esters (lactones) is 1. The van der Waals surface area contributed by atoms with Crippen LogP contribution in [0.5, 0.6) is 0 Å². The monoisotopic (exact) mass is 156 g/mol. The minimum Gasteiger partial charge on any atom is -0.462 e. The van der Waals surface area contributed by atoms with E-state index in [2.05, 4.69) is 6.58 Å². The van der Waals surface area contributed by atoms with Gasteiger partial charge < -0.3 is 9.84 Å². The Kier molecular flexibility index (Phi) is 2.65. The van der Waals surface area contributed by atoms with Crippen molar-refractivity contribution in [3.63, 3.8) is 0 Å². The van der Waals surface area contributed by atoms with Crippen LogP contribution in [0.1, 0.15) is 12.8 Å². The number of aliphatic hydroxyl groups excluding tert-OH is 1. The van der Waals surface area contributed by atoms with Crippen LogP contribution in [0.25, 0.3) is 0 Å². The van der Waals surface area contributed by atoms with Gasteiger partial charge in [0.25, 0.3) is 0 Å². The molecule has 0 aromatic carbocycles. The van der Waals surface area contributed by atoms with Gasteiger partial charge in [-0.05, 0) is 0 Å². The zero-order valence-corrected chi connectivity index (χ0v) is 6.32. The van der Waals surface area contributed by atoms with Crippen molar-refractivity contribution in [2.24, 2.45) is 5.92 Å². The summed E-state index contributed by atoms with van der Waals surface area (Å²) in [6, 6.07) is 0. The Hall–Kier alpha value is -0.830. The molecule has 1 aliphatic heterocycles. The molecule has 0 spiro atoms. The lowest BCUT2D eigenvalue weighted by Gasteiger charge is -2.11. The van der Waals surface area contributed by atoms with Crippen LogP contribution in [-0.4, -0.2) is 23.8 Å². The number of carbonyl (C=O) groups excluding carboxylic acids is 1. The molecule has 1 fully saturated rings. The van der Waals surface area contributed by atoms with Gasteiger partial charge in [0.2, 0.25) is 0 Å². The average Bonchev–Trinajstić information content (AvgIpc) is 2.32. The number of hydrogen-bond acceptors (Lipinski definition) is 3. The first-order chi connectivity index (χ1) is 5.27. The molecule has 62 valence electrons. The van der Waals surface area contributed by atoms with Crippen molar-refractivity contribution in [2.75, 3.05) is 6.61 Å². The first-order valence-corrected chi connectivity index (χ1v) is 3.71. The third kappa shape index (κ3) is 1.80. The van der Waals surface area contributed by atoms with E-state index >= 15 is 0 Å². The highest BCUT2D eigenvalue weighted by Crippen LogP contribution is 2.24. The van der Waals surface area contributed by atoms with Crippen LogP contribution in [0.15, 0.2) is 12.7 Å². The molecule has 0 radical (unpaired) electrons. The van der Waals surface area contributed by atoms with Crippen molar-refractivity contribution in [1.29, 1.82) is 0 Å². The molecule has 2 atom stereocenters. The number of aliphatic hydroxyl groups is 1. The third-order valence-corrected chi connectivity index (χ3v) is 1.88.